The summed E-state index contributed by atoms with van der Waals surface area (Å²) in [6.45, 7) is 5.68. The molecular formula is C24H33NO4S. The maximum Gasteiger partial charge on any atom is 0.212 e. The van der Waals surface area contributed by atoms with Crippen LogP contribution in [0.3, 0.4) is 0 Å². The van der Waals surface area contributed by atoms with Crippen LogP contribution >= 0.6 is 0 Å². The molecular weight excluding hydrogens is 398 g/mol. The highest BCUT2D eigenvalue weighted by Crippen LogP contribution is 2.28. The van der Waals surface area contributed by atoms with Crippen molar-refractivity contribution < 1.29 is 17.9 Å². The van der Waals surface area contributed by atoms with E-state index in [4.69, 9.17) is 14.6 Å². The minimum absolute atomic E-state index is 0.0910. The van der Waals surface area contributed by atoms with Gasteiger partial charge in [0.05, 0.1) is 19.5 Å². The van der Waals surface area contributed by atoms with Gasteiger partial charge in [0.1, 0.15) is 11.5 Å². The van der Waals surface area contributed by atoms with Crippen molar-refractivity contribution in [1.82, 2.24) is 0 Å². The average molecular weight is 432 g/mol. The van der Waals surface area contributed by atoms with Crippen molar-refractivity contribution in [3.8, 4) is 11.5 Å². The number of hydrogen-bond donors (Lipinski definition) is 1. The molecule has 0 amide bonds. The lowest BCUT2D eigenvalue weighted by atomic mass is 9.85. The van der Waals surface area contributed by atoms with E-state index in [0.717, 1.165) is 35.5 Å². The Morgan fingerprint density at radius 2 is 1.37 bits per heavy atom. The lowest BCUT2D eigenvalue weighted by molar-refractivity contribution is 0.398. The molecule has 0 saturated carbocycles. The predicted octanol–water partition coefficient (Wildman–Crippen LogP) is 4.36. The highest BCUT2D eigenvalue weighted by atomic mass is 32.2. The van der Waals surface area contributed by atoms with E-state index in [1.165, 1.54) is 0 Å². The fraction of sp³-hybridized carbons (Fsp3) is 0.417. The number of hydrogen-bond acceptors (Lipinski definition) is 4. The molecule has 30 heavy (non-hydrogen) atoms. The number of benzene rings is 2. The fourth-order valence-corrected chi connectivity index (χ4v) is 5.16. The van der Waals surface area contributed by atoms with Crippen LogP contribution in [0.25, 0.3) is 0 Å². The van der Waals surface area contributed by atoms with Crippen LogP contribution in [0.2, 0.25) is 0 Å². The first kappa shape index (κ1) is 24.0. The second-order valence-electron chi connectivity index (χ2n) is 7.84. The SMILES string of the molecule is C=CCC(C)C(CC(Cc1ccc(OC)cc1)Cc1ccc(OC)cc1)S(N)(=O)=O. The molecule has 2 rings (SSSR count). The molecule has 5 nitrogen and oxygen atoms in total. The van der Waals surface area contributed by atoms with Crippen LogP contribution in [0.4, 0.5) is 0 Å². The third-order valence-electron chi connectivity index (χ3n) is 5.53. The summed E-state index contributed by atoms with van der Waals surface area (Å²) in [6, 6.07) is 15.8. The molecule has 0 aromatic heterocycles. The number of allylic oxidation sites excluding steroid dienone is 1. The minimum Gasteiger partial charge on any atom is -0.497 e. The topological polar surface area (TPSA) is 78.6 Å². The summed E-state index contributed by atoms with van der Waals surface area (Å²) in [4.78, 5) is 0. The van der Waals surface area contributed by atoms with Crippen molar-refractivity contribution in [2.45, 2.75) is 37.9 Å². The molecule has 2 aromatic carbocycles. The van der Waals surface area contributed by atoms with E-state index in [1.807, 2.05) is 55.5 Å². The average Bonchev–Trinajstić information content (AvgIpc) is 2.72. The molecule has 0 saturated heterocycles. The Morgan fingerprint density at radius 3 is 1.70 bits per heavy atom. The molecule has 0 heterocycles. The molecule has 2 atom stereocenters. The monoisotopic (exact) mass is 431 g/mol. The molecule has 0 fully saturated rings. The van der Waals surface area contributed by atoms with E-state index in [2.05, 4.69) is 6.58 Å². The Morgan fingerprint density at radius 1 is 0.933 bits per heavy atom. The van der Waals surface area contributed by atoms with Gasteiger partial charge < -0.3 is 9.47 Å². The molecule has 2 unspecified atom stereocenters. The summed E-state index contributed by atoms with van der Waals surface area (Å²) in [7, 11) is -0.399. The van der Waals surface area contributed by atoms with E-state index in [0.29, 0.717) is 12.8 Å². The maximum absolute atomic E-state index is 12.4. The van der Waals surface area contributed by atoms with Gasteiger partial charge in [-0.3, -0.25) is 0 Å². The Balaban J connectivity index is 2.28. The van der Waals surface area contributed by atoms with Crippen molar-refractivity contribution in [3.05, 3.63) is 72.3 Å². The number of ether oxygens (including phenoxy) is 2. The molecule has 0 aliphatic carbocycles. The minimum atomic E-state index is -3.68. The van der Waals surface area contributed by atoms with Crippen LogP contribution in [-0.2, 0) is 22.9 Å². The summed E-state index contributed by atoms with van der Waals surface area (Å²) in [5.74, 6) is 1.62. The van der Waals surface area contributed by atoms with Crippen LogP contribution in [0.5, 0.6) is 11.5 Å². The standard InChI is InChI=1S/C24H33NO4S/c1-5-6-18(2)24(30(25,26)27)17-21(15-19-7-11-22(28-3)12-8-19)16-20-9-13-23(29-4)14-10-20/h5,7-14,18,21,24H,1,6,15-17H2,2-4H3,(H2,25,26,27). The van der Waals surface area contributed by atoms with Gasteiger partial charge in [0.2, 0.25) is 10.0 Å². The van der Waals surface area contributed by atoms with Gasteiger partial charge in [-0.25, -0.2) is 13.6 Å². The zero-order valence-corrected chi connectivity index (χ0v) is 18.9. The number of rotatable bonds is 12. The third-order valence-corrected chi connectivity index (χ3v) is 7.03. The second-order valence-corrected chi connectivity index (χ2v) is 9.62. The first-order chi connectivity index (χ1) is 14.3. The van der Waals surface area contributed by atoms with Gasteiger partial charge in [0.25, 0.3) is 0 Å². The summed E-state index contributed by atoms with van der Waals surface area (Å²) < 4.78 is 35.2. The molecule has 2 N–H and O–H groups in total. The summed E-state index contributed by atoms with van der Waals surface area (Å²) >= 11 is 0. The van der Waals surface area contributed by atoms with E-state index in [1.54, 1.807) is 20.3 Å². The van der Waals surface area contributed by atoms with Gasteiger partial charge in [0.15, 0.2) is 0 Å². The molecule has 164 valence electrons. The van der Waals surface area contributed by atoms with Gasteiger partial charge in [-0.15, -0.1) is 6.58 Å². The van der Waals surface area contributed by atoms with Crippen LogP contribution < -0.4 is 14.6 Å². The molecule has 0 aliphatic rings. The van der Waals surface area contributed by atoms with Crippen molar-refractivity contribution in [2.75, 3.05) is 14.2 Å². The zero-order valence-electron chi connectivity index (χ0n) is 18.1. The molecule has 6 heteroatoms. The van der Waals surface area contributed by atoms with Gasteiger partial charge in [-0.2, -0.15) is 0 Å². The second kappa shape index (κ2) is 11.2. The van der Waals surface area contributed by atoms with Crippen molar-refractivity contribution in [2.24, 2.45) is 17.0 Å². The van der Waals surface area contributed by atoms with E-state index < -0.39 is 15.3 Å². The quantitative estimate of drug-likeness (QED) is 0.506. The van der Waals surface area contributed by atoms with E-state index >= 15 is 0 Å². The lowest BCUT2D eigenvalue weighted by Crippen LogP contribution is -2.36. The number of methoxy groups -OCH3 is 2. The molecule has 0 aliphatic heterocycles. The zero-order chi connectivity index (χ0) is 22.1. The van der Waals surface area contributed by atoms with Crippen LogP contribution in [0.1, 0.15) is 30.9 Å². The summed E-state index contributed by atoms with van der Waals surface area (Å²) in [5, 5.41) is 5.01. The van der Waals surface area contributed by atoms with Gasteiger partial charge in [-0.1, -0.05) is 37.3 Å². The Labute approximate surface area is 181 Å². The fourth-order valence-electron chi connectivity index (χ4n) is 3.86. The highest BCUT2D eigenvalue weighted by molar-refractivity contribution is 7.89. The first-order valence-electron chi connectivity index (χ1n) is 10.1. The van der Waals surface area contributed by atoms with E-state index in [9.17, 15) is 8.42 Å². The smallest absolute Gasteiger partial charge is 0.212 e. The largest absolute Gasteiger partial charge is 0.497 e. The molecule has 2 aromatic rings. The Hall–Kier alpha value is -2.31. The molecule has 0 radical (unpaired) electrons. The molecule has 0 spiro atoms. The van der Waals surface area contributed by atoms with Gasteiger partial charge in [-0.05, 0) is 72.9 Å². The van der Waals surface area contributed by atoms with E-state index in [-0.39, 0.29) is 11.8 Å². The number of primary sulfonamides is 1. The maximum atomic E-state index is 12.4. The number of nitrogens with two attached hydrogens (primary N) is 1. The van der Waals surface area contributed by atoms with Crippen LogP contribution in [-0.4, -0.2) is 27.9 Å². The van der Waals surface area contributed by atoms with Crippen molar-refractivity contribution in [3.63, 3.8) is 0 Å². The van der Waals surface area contributed by atoms with Crippen LogP contribution in [0.15, 0.2) is 61.2 Å². The third kappa shape index (κ3) is 7.18. The Kier molecular flexibility index (Phi) is 8.93. The van der Waals surface area contributed by atoms with Gasteiger partial charge >= 0.3 is 0 Å². The van der Waals surface area contributed by atoms with Crippen molar-refractivity contribution >= 4 is 10.0 Å². The molecule has 0 bridgehead atoms. The number of sulfonamides is 1. The van der Waals surface area contributed by atoms with Crippen LogP contribution in [0, 0.1) is 11.8 Å². The van der Waals surface area contributed by atoms with Gasteiger partial charge in [0, 0.05) is 0 Å². The normalized spacial score (nSPS) is 13.6. The van der Waals surface area contributed by atoms with Crippen molar-refractivity contribution in [1.29, 1.82) is 0 Å². The predicted molar refractivity (Wildman–Crippen MR) is 122 cm³/mol. The summed E-state index contributed by atoms with van der Waals surface area (Å²) in [5.41, 5.74) is 2.28. The highest BCUT2D eigenvalue weighted by Gasteiger charge is 2.30. The first-order valence-corrected chi connectivity index (χ1v) is 11.8. The summed E-state index contributed by atoms with van der Waals surface area (Å²) in [6.07, 6.45) is 4.36. The lowest BCUT2D eigenvalue weighted by Gasteiger charge is -2.26. The Bertz CT molecular complexity index is 842.